The van der Waals surface area contributed by atoms with Gasteiger partial charge >= 0.3 is 0 Å². The van der Waals surface area contributed by atoms with Crippen molar-refractivity contribution in [2.75, 3.05) is 0 Å². The average molecular weight is 423 g/mol. The van der Waals surface area contributed by atoms with Gasteiger partial charge in [-0.2, -0.15) is 0 Å². The zero-order valence-corrected chi connectivity index (χ0v) is 21.6. The maximum atomic E-state index is 2.67. The van der Waals surface area contributed by atoms with Crippen LogP contribution in [0, 0.1) is 40.4 Å². The van der Waals surface area contributed by atoms with Crippen molar-refractivity contribution in [3.8, 4) is 0 Å². The molecule has 0 bridgehead atoms. The molecule has 0 nitrogen and oxygen atoms in total. The van der Waals surface area contributed by atoms with Gasteiger partial charge in [0, 0.05) is 0 Å². The van der Waals surface area contributed by atoms with Gasteiger partial charge in [-0.15, -0.1) is 0 Å². The molecule has 174 valence electrons. The summed E-state index contributed by atoms with van der Waals surface area (Å²) in [4.78, 5) is 0. The first-order chi connectivity index (χ1) is 14.7. The molecule has 3 fully saturated rings. The number of hydrogen-bond donors (Lipinski definition) is 0. The largest absolute Gasteiger partial charge is 0.0847 e. The summed E-state index contributed by atoms with van der Waals surface area (Å²) in [5.41, 5.74) is 6.38. The Bertz CT molecular complexity index is 726. The first kappa shape index (κ1) is 23.4. The third-order valence-electron chi connectivity index (χ3n) is 9.86. The van der Waals surface area contributed by atoms with E-state index in [1.165, 1.54) is 77.0 Å². The average Bonchev–Trinajstić information content (AvgIpc) is 3.29. The summed E-state index contributed by atoms with van der Waals surface area (Å²) >= 11 is 0. The first-order valence-corrected chi connectivity index (χ1v) is 13.8. The van der Waals surface area contributed by atoms with Crippen molar-refractivity contribution in [2.24, 2.45) is 40.4 Å². The summed E-state index contributed by atoms with van der Waals surface area (Å²) in [6.07, 6.45) is 24.5. The van der Waals surface area contributed by atoms with Gasteiger partial charge in [0.25, 0.3) is 0 Å². The van der Waals surface area contributed by atoms with E-state index < -0.39 is 0 Å². The third kappa shape index (κ3) is 5.09. The highest BCUT2D eigenvalue weighted by Gasteiger charge is 2.50. The Labute approximate surface area is 194 Å². The molecule has 0 saturated heterocycles. The second-order valence-electron chi connectivity index (χ2n) is 13.4. The van der Waals surface area contributed by atoms with E-state index in [2.05, 4.69) is 59.8 Å². The van der Waals surface area contributed by atoms with E-state index in [9.17, 15) is 0 Å². The smallest absolute Gasteiger partial charge is 0.0143 e. The van der Waals surface area contributed by atoms with Crippen LogP contribution in [-0.2, 0) is 0 Å². The van der Waals surface area contributed by atoms with Crippen molar-refractivity contribution in [2.45, 2.75) is 119 Å². The highest BCUT2D eigenvalue weighted by atomic mass is 14.5. The molecular weight excluding hydrogens is 372 g/mol. The SMILES string of the molecule is CC1CC(=CC=C2CCCC3(C)C2CCC3C(C)CCCC(C)(C)C)CC2CCC=C12. The van der Waals surface area contributed by atoms with Crippen LogP contribution in [0.4, 0.5) is 0 Å². The van der Waals surface area contributed by atoms with Crippen molar-refractivity contribution in [1.29, 1.82) is 0 Å². The van der Waals surface area contributed by atoms with Gasteiger partial charge in [-0.1, -0.05) is 89.3 Å². The third-order valence-corrected chi connectivity index (χ3v) is 9.86. The molecule has 0 heteroatoms. The van der Waals surface area contributed by atoms with Crippen molar-refractivity contribution >= 4 is 0 Å². The second kappa shape index (κ2) is 9.23. The van der Waals surface area contributed by atoms with Crippen LogP contribution in [0.2, 0.25) is 0 Å². The summed E-state index contributed by atoms with van der Waals surface area (Å²) in [6, 6.07) is 0. The summed E-state index contributed by atoms with van der Waals surface area (Å²) in [6.45, 7) is 14.9. The zero-order valence-electron chi connectivity index (χ0n) is 21.6. The number of hydrogen-bond acceptors (Lipinski definition) is 0. The molecule has 4 rings (SSSR count). The number of fused-ring (bicyclic) bond motifs is 2. The Balaban J connectivity index is 1.42. The summed E-state index contributed by atoms with van der Waals surface area (Å²) in [5, 5.41) is 0. The minimum atomic E-state index is 0.488. The molecule has 4 aliphatic carbocycles. The lowest BCUT2D eigenvalue weighted by atomic mass is 9.60. The molecule has 4 aliphatic rings. The van der Waals surface area contributed by atoms with Crippen LogP contribution in [-0.4, -0.2) is 0 Å². The lowest BCUT2D eigenvalue weighted by Crippen LogP contribution is -2.36. The van der Waals surface area contributed by atoms with Gasteiger partial charge in [0.15, 0.2) is 0 Å². The number of rotatable bonds is 5. The Morgan fingerprint density at radius 1 is 1.13 bits per heavy atom. The molecule has 0 N–H and O–H groups in total. The molecule has 0 spiro atoms. The van der Waals surface area contributed by atoms with Crippen LogP contribution in [0.3, 0.4) is 0 Å². The molecule has 0 aliphatic heterocycles. The van der Waals surface area contributed by atoms with Gasteiger partial charge < -0.3 is 0 Å². The fourth-order valence-electron chi connectivity index (χ4n) is 8.25. The maximum absolute atomic E-state index is 2.67. The van der Waals surface area contributed by atoms with Gasteiger partial charge in [-0.25, -0.2) is 0 Å². The molecule has 0 heterocycles. The molecule has 0 radical (unpaired) electrons. The van der Waals surface area contributed by atoms with Crippen LogP contribution in [0.1, 0.15) is 119 Å². The van der Waals surface area contributed by atoms with Gasteiger partial charge in [-0.05, 0) is 105 Å². The highest BCUT2D eigenvalue weighted by Crippen LogP contribution is 2.60. The topological polar surface area (TPSA) is 0 Å². The highest BCUT2D eigenvalue weighted by molar-refractivity contribution is 5.30. The zero-order chi connectivity index (χ0) is 22.2. The minimum absolute atomic E-state index is 0.488. The van der Waals surface area contributed by atoms with E-state index in [1.54, 1.807) is 11.1 Å². The van der Waals surface area contributed by atoms with Crippen LogP contribution >= 0.6 is 0 Å². The quantitative estimate of drug-likeness (QED) is 0.387. The van der Waals surface area contributed by atoms with E-state index >= 15 is 0 Å². The van der Waals surface area contributed by atoms with Gasteiger partial charge in [-0.3, -0.25) is 0 Å². The molecule has 0 aromatic heterocycles. The Hall–Kier alpha value is -0.780. The molecule has 0 aromatic rings. The van der Waals surface area contributed by atoms with Crippen LogP contribution in [0.25, 0.3) is 0 Å². The first-order valence-electron chi connectivity index (χ1n) is 13.8. The normalized spacial score (nSPS) is 39.5. The minimum Gasteiger partial charge on any atom is -0.0847 e. The van der Waals surface area contributed by atoms with Gasteiger partial charge in [0.2, 0.25) is 0 Å². The standard InChI is InChI=1S/C31H50/c1-22(10-8-18-30(3,4)5)28-16-17-29-25(12-9-19-31(28,29)6)15-14-24-20-23(2)27-13-7-11-26(27)21-24/h13-15,22-23,26,28-29H,7-12,16-21H2,1-6H3. The molecule has 6 atom stereocenters. The van der Waals surface area contributed by atoms with E-state index in [-0.39, 0.29) is 0 Å². The summed E-state index contributed by atoms with van der Waals surface area (Å²) in [7, 11) is 0. The molecule has 0 amide bonds. The molecule has 0 aromatic carbocycles. The molecular formula is C31H50. The van der Waals surface area contributed by atoms with Crippen LogP contribution in [0.5, 0.6) is 0 Å². The lowest BCUT2D eigenvalue weighted by molar-refractivity contribution is 0.0920. The van der Waals surface area contributed by atoms with E-state index in [4.69, 9.17) is 0 Å². The lowest BCUT2D eigenvalue weighted by Gasteiger charge is -2.44. The van der Waals surface area contributed by atoms with E-state index in [1.807, 2.05) is 5.57 Å². The van der Waals surface area contributed by atoms with Crippen molar-refractivity contribution in [3.05, 3.63) is 34.9 Å². The van der Waals surface area contributed by atoms with Gasteiger partial charge in [0.1, 0.15) is 0 Å². The van der Waals surface area contributed by atoms with Crippen LogP contribution in [0.15, 0.2) is 34.9 Å². The monoisotopic (exact) mass is 422 g/mol. The van der Waals surface area contributed by atoms with Crippen LogP contribution < -0.4 is 0 Å². The molecule has 6 unspecified atom stereocenters. The predicted molar refractivity (Wildman–Crippen MR) is 136 cm³/mol. The Morgan fingerprint density at radius 2 is 1.94 bits per heavy atom. The fraction of sp³-hybridized carbons (Fsp3) is 0.806. The predicted octanol–water partition coefficient (Wildman–Crippen LogP) is 9.67. The summed E-state index contributed by atoms with van der Waals surface area (Å²) in [5.74, 6) is 4.34. The maximum Gasteiger partial charge on any atom is -0.0143 e. The van der Waals surface area contributed by atoms with E-state index in [0.29, 0.717) is 10.8 Å². The second-order valence-corrected chi connectivity index (χ2v) is 13.4. The summed E-state index contributed by atoms with van der Waals surface area (Å²) < 4.78 is 0. The molecule has 31 heavy (non-hydrogen) atoms. The fourth-order valence-corrected chi connectivity index (χ4v) is 8.25. The van der Waals surface area contributed by atoms with Gasteiger partial charge in [0.05, 0.1) is 0 Å². The van der Waals surface area contributed by atoms with Crippen molar-refractivity contribution in [3.63, 3.8) is 0 Å². The Kier molecular flexibility index (Phi) is 6.96. The van der Waals surface area contributed by atoms with Crippen molar-refractivity contribution in [1.82, 2.24) is 0 Å². The number of allylic oxidation sites excluding steroid dienone is 6. The van der Waals surface area contributed by atoms with Crippen molar-refractivity contribution < 1.29 is 0 Å². The molecule has 3 saturated carbocycles. The Morgan fingerprint density at radius 3 is 2.71 bits per heavy atom. The van der Waals surface area contributed by atoms with E-state index in [0.717, 1.165) is 29.6 Å².